The standard InChI is InChI=1S/C21H21ClN2O3S/c1-13-17(24-21(28-13)14-7-9-15(22)10-8-14)11-20(25)23-12-16-18(26-2)5-4-6-19(16)27-3/h4-10H,11-12H2,1-3H3,(H,23,25). The molecule has 0 atom stereocenters. The fraction of sp³-hybridized carbons (Fsp3) is 0.238. The number of nitrogens with zero attached hydrogens (tertiary/aromatic N) is 1. The van der Waals surface area contributed by atoms with Gasteiger partial charge in [-0.1, -0.05) is 29.8 Å². The number of hydrogen-bond acceptors (Lipinski definition) is 5. The number of carbonyl (C=O) groups excluding carboxylic acids is 1. The van der Waals surface area contributed by atoms with Crippen LogP contribution in [0.3, 0.4) is 0 Å². The van der Waals surface area contributed by atoms with Crippen molar-refractivity contribution in [3.05, 3.63) is 63.6 Å². The molecule has 1 aromatic heterocycles. The first-order valence-electron chi connectivity index (χ1n) is 8.70. The minimum atomic E-state index is -0.107. The Morgan fingerprint density at radius 1 is 1.11 bits per heavy atom. The molecule has 28 heavy (non-hydrogen) atoms. The van der Waals surface area contributed by atoms with Gasteiger partial charge in [-0.3, -0.25) is 4.79 Å². The second-order valence-corrected chi connectivity index (χ2v) is 7.76. The molecule has 7 heteroatoms. The van der Waals surface area contributed by atoms with Gasteiger partial charge in [-0.05, 0) is 31.2 Å². The second-order valence-electron chi connectivity index (χ2n) is 6.12. The summed E-state index contributed by atoms with van der Waals surface area (Å²) in [7, 11) is 3.19. The molecule has 0 spiro atoms. The van der Waals surface area contributed by atoms with Gasteiger partial charge in [0.1, 0.15) is 16.5 Å². The zero-order valence-electron chi connectivity index (χ0n) is 15.9. The number of rotatable bonds is 7. The van der Waals surface area contributed by atoms with Gasteiger partial charge in [-0.2, -0.15) is 0 Å². The average molecular weight is 417 g/mol. The number of aromatic nitrogens is 1. The summed E-state index contributed by atoms with van der Waals surface area (Å²) in [6.45, 7) is 2.29. The summed E-state index contributed by atoms with van der Waals surface area (Å²) in [4.78, 5) is 18.1. The van der Waals surface area contributed by atoms with Crippen molar-refractivity contribution in [3.63, 3.8) is 0 Å². The topological polar surface area (TPSA) is 60.5 Å². The predicted molar refractivity (Wildman–Crippen MR) is 112 cm³/mol. The van der Waals surface area contributed by atoms with Gasteiger partial charge in [0.15, 0.2) is 0 Å². The van der Waals surface area contributed by atoms with Crippen LogP contribution in [0, 0.1) is 6.92 Å². The van der Waals surface area contributed by atoms with Gasteiger partial charge in [-0.15, -0.1) is 11.3 Å². The van der Waals surface area contributed by atoms with Crippen LogP contribution >= 0.6 is 22.9 Å². The first-order chi connectivity index (χ1) is 13.5. The van der Waals surface area contributed by atoms with Crippen LogP contribution in [-0.4, -0.2) is 25.1 Å². The van der Waals surface area contributed by atoms with E-state index in [-0.39, 0.29) is 12.3 Å². The summed E-state index contributed by atoms with van der Waals surface area (Å²) in [6, 6.07) is 13.1. The van der Waals surface area contributed by atoms with Crippen LogP contribution in [0.25, 0.3) is 10.6 Å². The van der Waals surface area contributed by atoms with Crippen molar-refractivity contribution >= 4 is 28.8 Å². The molecule has 3 aromatic rings. The molecule has 0 unspecified atom stereocenters. The van der Waals surface area contributed by atoms with Crippen molar-refractivity contribution in [1.82, 2.24) is 10.3 Å². The van der Waals surface area contributed by atoms with Crippen LogP contribution in [0.1, 0.15) is 16.1 Å². The van der Waals surface area contributed by atoms with E-state index in [0.717, 1.165) is 26.7 Å². The average Bonchev–Trinajstić information content (AvgIpc) is 3.06. The quantitative estimate of drug-likeness (QED) is 0.609. The molecule has 5 nitrogen and oxygen atoms in total. The monoisotopic (exact) mass is 416 g/mol. The normalized spacial score (nSPS) is 10.6. The molecule has 0 aliphatic heterocycles. The number of ether oxygens (including phenoxy) is 2. The van der Waals surface area contributed by atoms with E-state index in [9.17, 15) is 4.79 Å². The molecule has 1 N–H and O–H groups in total. The highest BCUT2D eigenvalue weighted by atomic mass is 35.5. The molecule has 2 aromatic carbocycles. The summed E-state index contributed by atoms with van der Waals surface area (Å²) in [5.74, 6) is 1.24. The lowest BCUT2D eigenvalue weighted by Crippen LogP contribution is -2.25. The Morgan fingerprint density at radius 2 is 1.75 bits per heavy atom. The van der Waals surface area contributed by atoms with E-state index in [0.29, 0.717) is 23.1 Å². The van der Waals surface area contributed by atoms with E-state index < -0.39 is 0 Å². The Labute approximate surface area is 173 Å². The van der Waals surface area contributed by atoms with E-state index >= 15 is 0 Å². The number of thiazole rings is 1. The number of halogens is 1. The van der Waals surface area contributed by atoms with Crippen LogP contribution in [-0.2, 0) is 17.8 Å². The maximum absolute atomic E-state index is 12.5. The molecule has 0 fully saturated rings. The highest BCUT2D eigenvalue weighted by Crippen LogP contribution is 2.30. The molecule has 0 aliphatic rings. The van der Waals surface area contributed by atoms with Crippen molar-refractivity contribution in [2.24, 2.45) is 0 Å². The van der Waals surface area contributed by atoms with Gasteiger partial charge in [0.2, 0.25) is 5.91 Å². The van der Waals surface area contributed by atoms with E-state index in [1.807, 2.05) is 49.4 Å². The molecule has 1 amide bonds. The zero-order chi connectivity index (χ0) is 20.1. The Bertz CT molecular complexity index is 948. The minimum Gasteiger partial charge on any atom is -0.496 e. The van der Waals surface area contributed by atoms with Crippen molar-refractivity contribution < 1.29 is 14.3 Å². The van der Waals surface area contributed by atoms with Gasteiger partial charge in [-0.25, -0.2) is 4.98 Å². The largest absolute Gasteiger partial charge is 0.496 e. The third kappa shape index (κ3) is 4.64. The molecule has 3 rings (SSSR count). The molecular weight excluding hydrogens is 396 g/mol. The van der Waals surface area contributed by atoms with E-state index in [1.165, 1.54) is 0 Å². The van der Waals surface area contributed by atoms with E-state index in [4.69, 9.17) is 21.1 Å². The van der Waals surface area contributed by atoms with E-state index in [2.05, 4.69) is 10.3 Å². The zero-order valence-corrected chi connectivity index (χ0v) is 17.5. The fourth-order valence-electron chi connectivity index (χ4n) is 2.81. The van der Waals surface area contributed by atoms with Gasteiger partial charge >= 0.3 is 0 Å². The number of nitrogens with one attached hydrogen (secondary N) is 1. The van der Waals surface area contributed by atoms with Crippen LogP contribution in [0.5, 0.6) is 11.5 Å². The summed E-state index contributed by atoms with van der Waals surface area (Å²) in [5.41, 5.74) is 2.57. The lowest BCUT2D eigenvalue weighted by molar-refractivity contribution is -0.120. The maximum Gasteiger partial charge on any atom is 0.226 e. The molecular formula is C21H21ClN2O3S. The Balaban J connectivity index is 1.68. The molecule has 0 bridgehead atoms. The smallest absolute Gasteiger partial charge is 0.226 e. The van der Waals surface area contributed by atoms with Gasteiger partial charge < -0.3 is 14.8 Å². The fourth-order valence-corrected chi connectivity index (χ4v) is 3.87. The number of amides is 1. The van der Waals surface area contributed by atoms with Crippen LogP contribution in [0.2, 0.25) is 5.02 Å². The Hall–Kier alpha value is -2.57. The summed E-state index contributed by atoms with van der Waals surface area (Å²) in [6.07, 6.45) is 0.216. The molecule has 146 valence electrons. The Kier molecular flexibility index (Phi) is 6.54. The lowest BCUT2D eigenvalue weighted by atomic mass is 10.1. The second kappa shape index (κ2) is 9.08. The first-order valence-corrected chi connectivity index (χ1v) is 9.90. The minimum absolute atomic E-state index is 0.107. The van der Waals surface area contributed by atoms with Crippen LogP contribution in [0.15, 0.2) is 42.5 Å². The predicted octanol–water partition coefficient (Wildman–Crippen LogP) is 4.65. The number of methoxy groups -OCH3 is 2. The van der Waals surface area contributed by atoms with Crippen molar-refractivity contribution in [1.29, 1.82) is 0 Å². The molecule has 0 radical (unpaired) electrons. The number of hydrogen-bond donors (Lipinski definition) is 1. The number of benzene rings is 2. The lowest BCUT2D eigenvalue weighted by Gasteiger charge is -2.13. The third-order valence-electron chi connectivity index (χ3n) is 4.30. The highest BCUT2D eigenvalue weighted by molar-refractivity contribution is 7.15. The van der Waals surface area contributed by atoms with Crippen LogP contribution in [0.4, 0.5) is 0 Å². The van der Waals surface area contributed by atoms with Crippen LogP contribution < -0.4 is 14.8 Å². The van der Waals surface area contributed by atoms with Gasteiger partial charge in [0.05, 0.1) is 38.4 Å². The van der Waals surface area contributed by atoms with Crippen molar-refractivity contribution in [2.45, 2.75) is 19.9 Å². The molecule has 0 saturated carbocycles. The molecule has 1 heterocycles. The summed E-state index contributed by atoms with van der Waals surface area (Å²) in [5, 5.41) is 4.49. The van der Waals surface area contributed by atoms with Gasteiger partial charge in [0, 0.05) is 15.5 Å². The maximum atomic E-state index is 12.5. The summed E-state index contributed by atoms with van der Waals surface area (Å²) >= 11 is 7.51. The number of carbonyl (C=O) groups is 1. The molecule has 0 aliphatic carbocycles. The van der Waals surface area contributed by atoms with Crippen molar-refractivity contribution in [3.8, 4) is 22.1 Å². The van der Waals surface area contributed by atoms with E-state index in [1.54, 1.807) is 25.6 Å². The van der Waals surface area contributed by atoms with Crippen molar-refractivity contribution in [2.75, 3.05) is 14.2 Å². The first kappa shape index (κ1) is 20.2. The highest BCUT2D eigenvalue weighted by Gasteiger charge is 2.15. The molecule has 0 saturated heterocycles. The number of aryl methyl sites for hydroxylation is 1. The SMILES string of the molecule is COc1cccc(OC)c1CNC(=O)Cc1nc(-c2ccc(Cl)cc2)sc1C. The Morgan fingerprint density at radius 3 is 2.36 bits per heavy atom. The van der Waals surface area contributed by atoms with Gasteiger partial charge in [0.25, 0.3) is 0 Å². The third-order valence-corrected chi connectivity index (χ3v) is 5.62. The summed E-state index contributed by atoms with van der Waals surface area (Å²) < 4.78 is 10.7.